The summed E-state index contributed by atoms with van der Waals surface area (Å²) < 4.78 is 0. The molecule has 0 radical (unpaired) electrons. The molecule has 0 saturated carbocycles. The largest absolute Gasteiger partial charge is 0.192 e. The Morgan fingerprint density at radius 3 is 2.31 bits per heavy atom. The molecule has 80 valence electrons. The smallest absolute Gasteiger partial charge is 0.130 e. The predicted octanol–water partition coefficient (Wildman–Crippen LogP) is 3.46. The van der Waals surface area contributed by atoms with E-state index in [2.05, 4.69) is 6.92 Å². The highest BCUT2D eigenvalue weighted by Gasteiger charge is 1.95. The van der Waals surface area contributed by atoms with E-state index >= 15 is 0 Å². The molecule has 0 aliphatic rings. The van der Waals surface area contributed by atoms with Gasteiger partial charge in [0.05, 0.1) is 0 Å². The van der Waals surface area contributed by atoms with Gasteiger partial charge in [-0.25, -0.2) is 0 Å². The van der Waals surface area contributed by atoms with Crippen molar-refractivity contribution < 1.29 is 0 Å². The van der Waals surface area contributed by atoms with Crippen molar-refractivity contribution in [1.82, 2.24) is 0 Å². The molecule has 0 N–H and O–H groups in total. The minimum absolute atomic E-state index is 0.140. The summed E-state index contributed by atoms with van der Waals surface area (Å²) in [5.41, 5.74) is 2.34. The molecule has 0 amide bonds. The van der Waals surface area contributed by atoms with Crippen LogP contribution in [0.15, 0.2) is 29.8 Å². The number of rotatable bonds is 4. The van der Waals surface area contributed by atoms with Crippen LogP contribution >= 0.6 is 0 Å². The number of nitrogens with zero attached hydrogens (tertiary/aromatic N) is 2. The molecule has 0 bridgehead atoms. The van der Waals surface area contributed by atoms with Gasteiger partial charge in [0.25, 0.3) is 0 Å². The Morgan fingerprint density at radius 2 is 1.81 bits per heavy atom. The third-order valence-electron chi connectivity index (χ3n) is 2.35. The molecule has 2 heteroatoms. The molecule has 0 saturated heterocycles. The SMILES string of the molecule is CCCCc1ccc(C=C(C#N)C#N)cc1. The zero-order chi connectivity index (χ0) is 11.8. The second kappa shape index (κ2) is 6.43. The van der Waals surface area contributed by atoms with Gasteiger partial charge >= 0.3 is 0 Å². The summed E-state index contributed by atoms with van der Waals surface area (Å²) in [5, 5.41) is 17.2. The van der Waals surface area contributed by atoms with E-state index < -0.39 is 0 Å². The van der Waals surface area contributed by atoms with Crippen molar-refractivity contribution in [3.63, 3.8) is 0 Å². The first-order valence-corrected chi connectivity index (χ1v) is 5.41. The highest BCUT2D eigenvalue weighted by molar-refractivity contribution is 5.61. The predicted molar refractivity (Wildman–Crippen MR) is 64.3 cm³/mol. The van der Waals surface area contributed by atoms with Crippen LogP contribution in [-0.2, 0) is 6.42 Å². The Kier molecular flexibility index (Phi) is 4.83. The number of hydrogen-bond donors (Lipinski definition) is 0. The van der Waals surface area contributed by atoms with Gasteiger partial charge in [0, 0.05) is 0 Å². The molecule has 0 spiro atoms. The van der Waals surface area contributed by atoms with Gasteiger partial charge in [-0.15, -0.1) is 0 Å². The maximum atomic E-state index is 8.62. The summed E-state index contributed by atoms with van der Waals surface area (Å²) in [5.74, 6) is 0. The lowest BCUT2D eigenvalue weighted by atomic mass is 10.1. The molecule has 0 heterocycles. The van der Waals surface area contributed by atoms with Crippen molar-refractivity contribution in [3.8, 4) is 12.1 Å². The van der Waals surface area contributed by atoms with E-state index in [0.717, 1.165) is 12.0 Å². The van der Waals surface area contributed by atoms with Crippen LogP contribution in [0.2, 0.25) is 0 Å². The van der Waals surface area contributed by atoms with Gasteiger partial charge in [0.1, 0.15) is 17.7 Å². The lowest BCUT2D eigenvalue weighted by Gasteiger charge is -2.00. The van der Waals surface area contributed by atoms with E-state index in [1.54, 1.807) is 6.08 Å². The average molecular weight is 210 g/mol. The number of hydrogen-bond acceptors (Lipinski definition) is 2. The molecule has 0 unspecified atom stereocenters. The van der Waals surface area contributed by atoms with Gasteiger partial charge in [-0.3, -0.25) is 0 Å². The molecule has 0 aromatic heterocycles. The van der Waals surface area contributed by atoms with Crippen LogP contribution in [0, 0.1) is 22.7 Å². The summed E-state index contributed by atoms with van der Waals surface area (Å²) in [7, 11) is 0. The molecule has 2 nitrogen and oxygen atoms in total. The van der Waals surface area contributed by atoms with Crippen LogP contribution in [-0.4, -0.2) is 0 Å². The highest BCUT2D eigenvalue weighted by Crippen LogP contribution is 2.10. The van der Waals surface area contributed by atoms with Gasteiger partial charge in [-0.05, 0) is 30.0 Å². The van der Waals surface area contributed by atoms with Crippen LogP contribution < -0.4 is 0 Å². The van der Waals surface area contributed by atoms with Crippen LogP contribution in [0.25, 0.3) is 6.08 Å². The maximum absolute atomic E-state index is 8.62. The number of unbranched alkanes of at least 4 members (excludes halogenated alkanes) is 1. The summed E-state index contributed by atoms with van der Waals surface area (Å²) in [6, 6.07) is 11.7. The molecular formula is C14H14N2. The van der Waals surface area contributed by atoms with Gasteiger partial charge in [-0.2, -0.15) is 10.5 Å². The van der Waals surface area contributed by atoms with Crippen LogP contribution in [0.5, 0.6) is 0 Å². The first-order valence-electron chi connectivity index (χ1n) is 5.41. The number of aryl methyl sites for hydroxylation is 1. The molecular weight excluding hydrogens is 196 g/mol. The van der Waals surface area contributed by atoms with Crippen molar-refractivity contribution in [2.24, 2.45) is 0 Å². The Hall–Kier alpha value is -2.06. The second-order valence-corrected chi connectivity index (χ2v) is 3.63. The average Bonchev–Trinajstić information content (AvgIpc) is 2.35. The van der Waals surface area contributed by atoms with Crippen LogP contribution in [0.1, 0.15) is 30.9 Å². The van der Waals surface area contributed by atoms with E-state index in [1.165, 1.54) is 18.4 Å². The number of benzene rings is 1. The quantitative estimate of drug-likeness (QED) is 0.714. The number of allylic oxidation sites excluding steroid dienone is 1. The van der Waals surface area contributed by atoms with E-state index in [4.69, 9.17) is 10.5 Å². The summed E-state index contributed by atoms with van der Waals surface area (Å²) in [4.78, 5) is 0. The van der Waals surface area contributed by atoms with E-state index in [-0.39, 0.29) is 5.57 Å². The topological polar surface area (TPSA) is 47.6 Å². The minimum atomic E-state index is 0.140. The van der Waals surface area contributed by atoms with Crippen molar-refractivity contribution in [3.05, 3.63) is 41.0 Å². The van der Waals surface area contributed by atoms with Gasteiger partial charge in [-0.1, -0.05) is 37.6 Å². The molecule has 0 fully saturated rings. The lowest BCUT2D eigenvalue weighted by molar-refractivity contribution is 0.795. The molecule has 0 atom stereocenters. The summed E-state index contributed by atoms with van der Waals surface area (Å²) in [6.07, 6.45) is 5.07. The van der Waals surface area contributed by atoms with Gasteiger partial charge < -0.3 is 0 Å². The summed E-state index contributed by atoms with van der Waals surface area (Å²) in [6.45, 7) is 2.17. The van der Waals surface area contributed by atoms with Gasteiger partial charge in [0.15, 0.2) is 0 Å². The third-order valence-corrected chi connectivity index (χ3v) is 2.35. The van der Waals surface area contributed by atoms with Crippen LogP contribution in [0.3, 0.4) is 0 Å². The lowest BCUT2D eigenvalue weighted by Crippen LogP contribution is -1.84. The molecule has 0 aliphatic carbocycles. The van der Waals surface area contributed by atoms with Crippen LogP contribution in [0.4, 0.5) is 0 Å². The second-order valence-electron chi connectivity index (χ2n) is 3.63. The fourth-order valence-electron chi connectivity index (χ4n) is 1.42. The standard InChI is InChI=1S/C14H14N2/c1-2-3-4-12-5-7-13(8-6-12)9-14(10-15)11-16/h5-9H,2-4H2,1H3. The van der Waals surface area contributed by atoms with Gasteiger partial charge in [0.2, 0.25) is 0 Å². The van der Waals surface area contributed by atoms with Crippen molar-refractivity contribution in [2.45, 2.75) is 26.2 Å². The molecule has 16 heavy (non-hydrogen) atoms. The minimum Gasteiger partial charge on any atom is -0.192 e. The third kappa shape index (κ3) is 3.59. The zero-order valence-corrected chi connectivity index (χ0v) is 9.40. The Bertz CT molecular complexity index is 425. The van der Waals surface area contributed by atoms with E-state index in [0.29, 0.717) is 0 Å². The summed E-state index contributed by atoms with van der Waals surface area (Å²) >= 11 is 0. The monoisotopic (exact) mass is 210 g/mol. The van der Waals surface area contributed by atoms with Crippen molar-refractivity contribution in [2.75, 3.05) is 0 Å². The molecule has 1 rings (SSSR count). The van der Waals surface area contributed by atoms with Crippen molar-refractivity contribution in [1.29, 1.82) is 10.5 Å². The zero-order valence-electron chi connectivity index (χ0n) is 9.40. The van der Waals surface area contributed by atoms with E-state index in [1.807, 2.05) is 36.4 Å². The Labute approximate surface area is 96.4 Å². The molecule has 1 aromatic carbocycles. The molecule has 0 aliphatic heterocycles. The maximum Gasteiger partial charge on any atom is 0.130 e. The van der Waals surface area contributed by atoms with E-state index in [9.17, 15) is 0 Å². The fraction of sp³-hybridized carbons (Fsp3) is 0.286. The fourth-order valence-corrected chi connectivity index (χ4v) is 1.42. The Morgan fingerprint density at radius 1 is 1.19 bits per heavy atom. The number of nitriles is 2. The first-order chi connectivity index (χ1) is 7.80. The Balaban J connectivity index is 2.77. The normalized spacial score (nSPS) is 8.94. The highest BCUT2D eigenvalue weighted by atomic mass is 14.3. The molecule has 1 aromatic rings. The first kappa shape index (κ1) is 12.0. The van der Waals surface area contributed by atoms with Crippen molar-refractivity contribution >= 4 is 6.08 Å².